The van der Waals surface area contributed by atoms with E-state index < -0.39 is 23.3 Å². The maximum absolute atomic E-state index is 12.5. The van der Waals surface area contributed by atoms with Gasteiger partial charge < -0.3 is 19.6 Å². The molecule has 144 valence electrons. The van der Waals surface area contributed by atoms with Crippen molar-refractivity contribution in [2.45, 2.75) is 13.0 Å². The first kappa shape index (κ1) is 18.9. The second kappa shape index (κ2) is 7.78. The lowest BCUT2D eigenvalue weighted by molar-refractivity contribution is -0.144. The molecule has 0 spiro atoms. The van der Waals surface area contributed by atoms with Crippen LogP contribution in [0.1, 0.15) is 12.5 Å². The van der Waals surface area contributed by atoms with Gasteiger partial charge in [-0.05, 0) is 42.8 Å². The van der Waals surface area contributed by atoms with Gasteiger partial charge in [-0.1, -0.05) is 12.1 Å². The molecule has 9 heteroatoms. The Morgan fingerprint density at radius 3 is 2.68 bits per heavy atom. The van der Waals surface area contributed by atoms with Gasteiger partial charge in [0, 0.05) is 0 Å². The maximum atomic E-state index is 12.5. The highest BCUT2D eigenvalue weighted by molar-refractivity contribution is 5.81. The molecule has 2 aromatic carbocycles. The van der Waals surface area contributed by atoms with E-state index in [1.165, 1.54) is 26.3 Å². The Balaban J connectivity index is 1.95. The Morgan fingerprint density at radius 1 is 1.21 bits per heavy atom. The fraction of sp³-hybridized carbons (Fsp3) is 0.158. The highest BCUT2D eigenvalue weighted by Gasteiger charge is 2.15. The van der Waals surface area contributed by atoms with E-state index in [1.807, 2.05) is 0 Å². The largest absolute Gasteiger partial charge is 0.493 e. The molecule has 0 aliphatic rings. The van der Waals surface area contributed by atoms with Crippen LogP contribution in [-0.4, -0.2) is 40.2 Å². The van der Waals surface area contributed by atoms with Crippen molar-refractivity contribution in [1.82, 2.24) is 9.66 Å². The zero-order valence-corrected chi connectivity index (χ0v) is 15.1. The van der Waals surface area contributed by atoms with E-state index >= 15 is 0 Å². The van der Waals surface area contributed by atoms with Crippen molar-refractivity contribution < 1.29 is 19.4 Å². The molecule has 28 heavy (non-hydrogen) atoms. The predicted molar refractivity (Wildman–Crippen MR) is 103 cm³/mol. The Hall–Kier alpha value is -3.88. The number of H-pyrrole nitrogens is 1. The minimum absolute atomic E-state index is 0.246. The number of nitrogens with one attached hydrogen (secondary N) is 1. The smallest absolute Gasteiger partial charge is 0.349 e. The van der Waals surface area contributed by atoms with Gasteiger partial charge >= 0.3 is 11.7 Å². The summed E-state index contributed by atoms with van der Waals surface area (Å²) in [7, 11) is 1.41. The van der Waals surface area contributed by atoms with Crippen molar-refractivity contribution in [3.63, 3.8) is 0 Å². The summed E-state index contributed by atoms with van der Waals surface area (Å²) < 4.78 is 11.3. The Labute approximate surface area is 158 Å². The zero-order valence-electron chi connectivity index (χ0n) is 15.1. The fourth-order valence-electron chi connectivity index (χ4n) is 2.49. The van der Waals surface area contributed by atoms with Crippen molar-refractivity contribution in [2.24, 2.45) is 5.10 Å². The second-order valence-corrected chi connectivity index (χ2v) is 5.85. The average Bonchev–Trinajstić information content (AvgIpc) is 2.68. The first-order valence-corrected chi connectivity index (χ1v) is 8.26. The summed E-state index contributed by atoms with van der Waals surface area (Å²) >= 11 is 0. The summed E-state index contributed by atoms with van der Waals surface area (Å²) in [5, 5.41) is 13.2. The van der Waals surface area contributed by atoms with Crippen molar-refractivity contribution >= 4 is 23.1 Å². The molecule has 0 bridgehead atoms. The SMILES string of the molecule is COc1cc(C=Nn2c(=O)[nH]c3ccccc3c2=O)ccc1OC(C)C(=O)O. The molecule has 0 aliphatic heterocycles. The molecular formula is C19H17N3O6. The van der Waals surface area contributed by atoms with Crippen LogP contribution >= 0.6 is 0 Å². The van der Waals surface area contributed by atoms with Gasteiger partial charge in [0.2, 0.25) is 0 Å². The number of nitrogens with zero attached hydrogens (tertiary/aromatic N) is 2. The number of hydrogen-bond acceptors (Lipinski definition) is 6. The van der Waals surface area contributed by atoms with Crippen LogP contribution in [0.4, 0.5) is 0 Å². The highest BCUT2D eigenvalue weighted by Crippen LogP contribution is 2.28. The van der Waals surface area contributed by atoms with Crippen LogP contribution in [0, 0.1) is 0 Å². The summed E-state index contributed by atoms with van der Waals surface area (Å²) in [5.41, 5.74) is -0.258. The standard InChI is InChI=1S/C19H17N3O6/c1-11(18(24)25)28-15-8-7-12(9-16(15)27-2)10-20-22-17(23)13-5-3-4-6-14(13)21-19(22)26/h3-11H,1-2H3,(H,21,26)(H,24,25). The predicted octanol–water partition coefficient (Wildman–Crippen LogP) is 1.43. The summed E-state index contributed by atoms with van der Waals surface area (Å²) in [4.78, 5) is 38.1. The van der Waals surface area contributed by atoms with Crippen LogP contribution in [0.3, 0.4) is 0 Å². The molecule has 3 rings (SSSR count). The first-order chi connectivity index (χ1) is 13.4. The number of benzene rings is 2. The van der Waals surface area contributed by atoms with Crippen molar-refractivity contribution in [3.05, 3.63) is 68.9 Å². The zero-order chi connectivity index (χ0) is 20.3. The first-order valence-electron chi connectivity index (χ1n) is 8.26. The molecule has 0 aliphatic carbocycles. The molecule has 0 amide bonds. The third-order valence-electron chi connectivity index (χ3n) is 3.95. The number of aliphatic carboxylic acids is 1. The molecular weight excluding hydrogens is 366 g/mol. The number of carboxylic acid groups (broad SMARTS) is 1. The van der Waals surface area contributed by atoms with Crippen LogP contribution in [0.25, 0.3) is 10.9 Å². The van der Waals surface area contributed by atoms with Gasteiger partial charge in [0.25, 0.3) is 5.56 Å². The van der Waals surface area contributed by atoms with Crippen LogP contribution in [0.5, 0.6) is 11.5 Å². The molecule has 1 unspecified atom stereocenters. The van der Waals surface area contributed by atoms with Gasteiger partial charge in [0.1, 0.15) is 0 Å². The van der Waals surface area contributed by atoms with Gasteiger partial charge in [-0.3, -0.25) is 4.79 Å². The van der Waals surface area contributed by atoms with Crippen molar-refractivity contribution in [2.75, 3.05) is 7.11 Å². The fourth-order valence-corrected chi connectivity index (χ4v) is 2.49. The van der Waals surface area contributed by atoms with E-state index in [4.69, 9.17) is 14.6 Å². The second-order valence-electron chi connectivity index (χ2n) is 5.85. The normalized spacial score (nSPS) is 12.2. The summed E-state index contributed by atoms with van der Waals surface area (Å²) in [5.74, 6) is -0.574. The number of carbonyl (C=O) groups is 1. The molecule has 0 saturated heterocycles. The lowest BCUT2D eigenvalue weighted by Crippen LogP contribution is -2.32. The maximum Gasteiger partial charge on any atom is 0.349 e. The molecule has 1 heterocycles. The molecule has 0 fully saturated rings. The molecule has 1 atom stereocenters. The third-order valence-corrected chi connectivity index (χ3v) is 3.95. The van der Waals surface area contributed by atoms with Crippen LogP contribution in [0.2, 0.25) is 0 Å². The molecule has 0 radical (unpaired) electrons. The van der Waals surface area contributed by atoms with E-state index in [9.17, 15) is 14.4 Å². The topological polar surface area (TPSA) is 123 Å². The number of hydrogen-bond donors (Lipinski definition) is 2. The number of aromatic amines is 1. The number of para-hydroxylation sites is 1. The molecule has 9 nitrogen and oxygen atoms in total. The van der Waals surface area contributed by atoms with Crippen LogP contribution in [-0.2, 0) is 4.79 Å². The summed E-state index contributed by atoms with van der Waals surface area (Å²) in [6, 6.07) is 11.3. The van der Waals surface area contributed by atoms with Crippen LogP contribution < -0.4 is 20.7 Å². The lowest BCUT2D eigenvalue weighted by atomic mass is 10.2. The molecule has 2 N–H and O–H groups in total. The molecule has 1 aromatic heterocycles. The number of aromatic nitrogens is 2. The quantitative estimate of drug-likeness (QED) is 0.621. The van der Waals surface area contributed by atoms with E-state index in [0.29, 0.717) is 16.5 Å². The monoisotopic (exact) mass is 383 g/mol. The molecule has 0 saturated carbocycles. The Kier molecular flexibility index (Phi) is 5.25. The third kappa shape index (κ3) is 3.78. The van der Waals surface area contributed by atoms with Gasteiger partial charge in [-0.2, -0.15) is 5.10 Å². The van der Waals surface area contributed by atoms with Crippen LogP contribution in [0.15, 0.2) is 57.2 Å². The van der Waals surface area contributed by atoms with E-state index in [0.717, 1.165) is 4.68 Å². The highest BCUT2D eigenvalue weighted by atomic mass is 16.5. The van der Waals surface area contributed by atoms with Gasteiger partial charge in [-0.15, -0.1) is 4.68 Å². The van der Waals surface area contributed by atoms with Gasteiger partial charge in [-0.25, -0.2) is 9.59 Å². The lowest BCUT2D eigenvalue weighted by Gasteiger charge is -2.14. The Bertz CT molecular complexity index is 1180. The molecule has 3 aromatic rings. The van der Waals surface area contributed by atoms with E-state index in [-0.39, 0.29) is 11.5 Å². The summed E-state index contributed by atoms with van der Waals surface area (Å²) in [6.07, 6.45) is 0.265. The van der Waals surface area contributed by atoms with Gasteiger partial charge in [0.15, 0.2) is 17.6 Å². The number of rotatable bonds is 6. The minimum atomic E-state index is -1.11. The van der Waals surface area contributed by atoms with E-state index in [1.54, 1.807) is 36.4 Å². The number of ether oxygens (including phenoxy) is 2. The number of fused-ring (bicyclic) bond motifs is 1. The minimum Gasteiger partial charge on any atom is -0.493 e. The average molecular weight is 383 g/mol. The summed E-state index contributed by atoms with van der Waals surface area (Å²) in [6.45, 7) is 1.40. The number of carboxylic acids is 1. The van der Waals surface area contributed by atoms with Gasteiger partial charge in [0.05, 0.1) is 24.2 Å². The van der Waals surface area contributed by atoms with E-state index in [2.05, 4.69) is 10.1 Å². The number of methoxy groups -OCH3 is 1. The van der Waals surface area contributed by atoms with Crippen molar-refractivity contribution in [1.29, 1.82) is 0 Å². The van der Waals surface area contributed by atoms with Crippen molar-refractivity contribution in [3.8, 4) is 11.5 Å². The Morgan fingerprint density at radius 2 is 1.96 bits per heavy atom.